The smallest absolute Gasteiger partial charge is 0.161 e. The number of hydrogen-bond acceptors (Lipinski definition) is 3. The molecule has 3 nitrogen and oxygen atoms in total. The molecule has 0 spiro atoms. The summed E-state index contributed by atoms with van der Waals surface area (Å²) in [4.78, 5) is 3.95. The van der Waals surface area contributed by atoms with Crippen molar-refractivity contribution in [3.05, 3.63) is 52.3 Å². The summed E-state index contributed by atoms with van der Waals surface area (Å²) in [5, 5.41) is 0.707. The second kappa shape index (κ2) is 5.94. The average Bonchev–Trinajstić information content (AvgIpc) is 2.38. The maximum absolute atomic E-state index is 5.96. The third kappa shape index (κ3) is 3.06. The van der Waals surface area contributed by atoms with Gasteiger partial charge >= 0.3 is 0 Å². The fourth-order valence-electron chi connectivity index (χ4n) is 1.44. The Morgan fingerprint density at radius 1 is 1.06 bits per heavy atom. The highest BCUT2D eigenvalue weighted by Gasteiger charge is 2.06. The van der Waals surface area contributed by atoms with E-state index in [1.54, 1.807) is 19.2 Å². The molecular formula is C13H11Cl2NO2. The molecular weight excluding hydrogens is 273 g/mol. The molecule has 2 rings (SSSR count). The van der Waals surface area contributed by atoms with Gasteiger partial charge in [0.15, 0.2) is 11.5 Å². The monoisotopic (exact) mass is 283 g/mol. The molecule has 0 amide bonds. The van der Waals surface area contributed by atoms with Gasteiger partial charge in [0.1, 0.15) is 16.9 Å². The summed E-state index contributed by atoms with van der Waals surface area (Å²) in [5.41, 5.74) is 0.770. The molecule has 0 aliphatic carbocycles. The lowest BCUT2D eigenvalue weighted by Gasteiger charge is -2.10. The Morgan fingerprint density at radius 2 is 1.78 bits per heavy atom. The first-order valence-electron chi connectivity index (χ1n) is 5.27. The molecule has 1 aromatic carbocycles. The Kier molecular flexibility index (Phi) is 4.28. The minimum Gasteiger partial charge on any atom is -0.493 e. The van der Waals surface area contributed by atoms with E-state index in [4.69, 9.17) is 32.7 Å². The Bertz CT molecular complexity index is 546. The standard InChI is InChI=1S/C13H11Cl2NO2/c1-17-10-4-2-3-5-11(10)18-8-9-6-7-12(14)16-13(9)15/h2-7H,8H2,1H3. The van der Waals surface area contributed by atoms with Crippen molar-refractivity contribution in [3.8, 4) is 11.5 Å². The van der Waals surface area contributed by atoms with Gasteiger partial charge in [0, 0.05) is 5.56 Å². The van der Waals surface area contributed by atoms with E-state index >= 15 is 0 Å². The van der Waals surface area contributed by atoms with Gasteiger partial charge in [-0.2, -0.15) is 0 Å². The molecule has 0 saturated heterocycles. The van der Waals surface area contributed by atoms with Crippen molar-refractivity contribution in [1.29, 1.82) is 0 Å². The summed E-state index contributed by atoms with van der Waals surface area (Å²) >= 11 is 11.7. The van der Waals surface area contributed by atoms with Crippen molar-refractivity contribution in [2.24, 2.45) is 0 Å². The highest BCUT2D eigenvalue weighted by atomic mass is 35.5. The summed E-state index contributed by atoms with van der Waals surface area (Å²) in [7, 11) is 1.60. The van der Waals surface area contributed by atoms with E-state index < -0.39 is 0 Å². The van der Waals surface area contributed by atoms with Crippen molar-refractivity contribution >= 4 is 23.2 Å². The third-order valence-corrected chi connectivity index (χ3v) is 2.88. The van der Waals surface area contributed by atoms with Crippen LogP contribution in [0.25, 0.3) is 0 Å². The molecule has 0 unspecified atom stereocenters. The number of nitrogens with zero attached hydrogens (tertiary/aromatic N) is 1. The second-order valence-electron chi connectivity index (χ2n) is 3.52. The van der Waals surface area contributed by atoms with E-state index in [1.807, 2.05) is 24.3 Å². The van der Waals surface area contributed by atoms with Crippen LogP contribution < -0.4 is 9.47 Å². The minimum atomic E-state index is 0.309. The molecule has 2 aromatic rings. The fourth-order valence-corrected chi connectivity index (χ4v) is 1.84. The van der Waals surface area contributed by atoms with Crippen molar-refractivity contribution in [3.63, 3.8) is 0 Å². The zero-order chi connectivity index (χ0) is 13.0. The van der Waals surface area contributed by atoms with Gasteiger partial charge in [0.2, 0.25) is 0 Å². The van der Waals surface area contributed by atoms with Crippen LogP contribution in [0.15, 0.2) is 36.4 Å². The zero-order valence-electron chi connectivity index (χ0n) is 9.69. The van der Waals surface area contributed by atoms with E-state index in [0.717, 1.165) is 5.56 Å². The highest BCUT2D eigenvalue weighted by molar-refractivity contribution is 6.32. The van der Waals surface area contributed by atoms with Crippen molar-refractivity contribution in [2.45, 2.75) is 6.61 Å². The molecule has 18 heavy (non-hydrogen) atoms. The van der Waals surface area contributed by atoms with Crippen LogP contribution >= 0.6 is 23.2 Å². The van der Waals surface area contributed by atoms with E-state index in [2.05, 4.69) is 4.98 Å². The van der Waals surface area contributed by atoms with E-state index in [0.29, 0.717) is 28.4 Å². The molecule has 5 heteroatoms. The number of para-hydroxylation sites is 2. The Hall–Kier alpha value is -1.45. The van der Waals surface area contributed by atoms with Crippen molar-refractivity contribution in [2.75, 3.05) is 7.11 Å². The van der Waals surface area contributed by atoms with Crippen LogP contribution in [0, 0.1) is 0 Å². The van der Waals surface area contributed by atoms with Gasteiger partial charge in [0.05, 0.1) is 7.11 Å². The van der Waals surface area contributed by atoms with Gasteiger partial charge in [-0.3, -0.25) is 0 Å². The number of aromatic nitrogens is 1. The molecule has 0 saturated carbocycles. The summed E-state index contributed by atoms with van der Waals surface area (Å²) in [6, 6.07) is 10.9. The van der Waals surface area contributed by atoms with Gasteiger partial charge < -0.3 is 9.47 Å². The van der Waals surface area contributed by atoms with Gasteiger partial charge in [-0.1, -0.05) is 35.3 Å². The van der Waals surface area contributed by atoms with Gasteiger partial charge in [-0.25, -0.2) is 4.98 Å². The molecule has 0 atom stereocenters. The van der Waals surface area contributed by atoms with Crippen LogP contribution in [0.4, 0.5) is 0 Å². The molecule has 94 valence electrons. The Morgan fingerprint density at radius 3 is 2.44 bits per heavy atom. The topological polar surface area (TPSA) is 31.4 Å². The number of hydrogen-bond donors (Lipinski definition) is 0. The van der Waals surface area contributed by atoms with E-state index in [-0.39, 0.29) is 0 Å². The fraction of sp³-hybridized carbons (Fsp3) is 0.154. The zero-order valence-corrected chi connectivity index (χ0v) is 11.2. The predicted octanol–water partition coefficient (Wildman–Crippen LogP) is 3.98. The van der Waals surface area contributed by atoms with Crippen LogP contribution in [0.5, 0.6) is 11.5 Å². The highest BCUT2D eigenvalue weighted by Crippen LogP contribution is 2.27. The lowest BCUT2D eigenvalue weighted by Crippen LogP contribution is -1.99. The Balaban J connectivity index is 2.11. The number of pyridine rings is 1. The van der Waals surface area contributed by atoms with Crippen LogP contribution in [0.1, 0.15) is 5.56 Å². The number of rotatable bonds is 4. The summed E-state index contributed by atoms with van der Waals surface area (Å²) < 4.78 is 10.8. The second-order valence-corrected chi connectivity index (χ2v) is 4.27. The summed E-state index contributed by atoms with van der Waals surface area (Å²) in [5.74, 6) is 1.33. The first-order chi connectivity index (χ1) is 8.70. The Labute approximate surface area is 115 Å². The van der Waals surface area contributed by atoms with Gasteiger partial charge in [-0.15, -0.1) is 0 Å². The molecule has 0 aliphatic heterocycles. The quantitative estimate of drug-likeness (QED) is 0.796. The maximum atomic E-state index is 5.96. The number of halogens is 2. The molecule has 0 fully saturated rings. The molecule has 0 N–H and O–H groups in total. The lowest BCUT2D eigenvalue weighted by atomic mass is 10.3. The maximum Gasteiger partial charge on any atom is 0.161 e. The van der Waals surface area contributed by atoms with E-state index in [1.165, 1.54) is 0 Å². The lowest BCUT2D eigenvalue weighted by molar-refractivity contribution is 0.284. The van der Waals surface area contributed by atoms with Crippen LogP contribution in [0.3, 0.4) is 0 Å². The van der Waals surface area contributed by atoms with Crippen molar-refractivity contribution in [1.82, 2.24) is 4.98 Å². The van der Waals surface area contributed by atoms with Crippen LogP contribution in [-0.2, 0) is 6.61 Å². The summed E-state index contributed by atoms with van der Waals surface area (Å²) in [6.45, 7) is 0.309. The van der Waals surface area contributed by atoms with Gasteiger partial charge in [0.25, 0.3) is 0 Å². The average molecular weight is 284 g/mol. The largest absolute Gasteiger partial charge is 0.493 e. The summed E-state index contributed by atoms with van der Waals surface area (Å²) in [6.07, 6.45) is 0. The first-order valence-corrected chi connectivity index (χ1v) is 6.03. The number of methoxy groups -OCH3 is 1. The van der Waals surface area contributed by atoms with E-state index in [9.17, 15) is 0 Å². The van der Waals surface area contributed by atoms with Crippen LogP contribution in [-0.4, -0.2) is 12.1 Å². The third-order valence-electron chi connectivity index (χ3n) is 2.34. The SMILES string of the molecule is COc1ccccc1OCc1ccc(Cl)nc1Cl. The number of ether oxygens (including phenoxy) is 2. The molecule has 0 aliphatic rings. The molecule has 0 radical (unpaired) electrons. The minimum absolute atomic E-state index is 0.309. The first kappa shape index (κ1) is 13.0. The van der Waals surface area contributed by atoms with Crippen molar-refractivity contribution < 1.29 is 9.47 Å². The molecule has 0 bridgehead atoms. The predicted molar refractivity (Wildman–Crippen MR) is 71.6 cm³/mol. The van der Waals surface area contributed by atoms with Crippen LogP contribution in [0.2, 0.25) is 10.3 Å². The number of benzene rings is 1. The molecule has 1 heterocycles. The molecule has 1 aromatic heterocycles. The van der Waals surface area contributed by atoms with Gasteiger partial charge in [-0.05, 0) is 24.3 Å². The normalized spacial score (nSPS) is 10.2.